The molecule has 0 aliphatic carbocycles. The van der Waals surface area contributed by atoms with Gasteiger partial charge < -0.3 is 18.6 Å². The zero-order valence-electron chi connectivity index (χ0n) is 16.9. The van der Waals surface area contributed by atoms with Gasteiger partial charge in [-0.15, -0.1) is 16.4 Å². The van der Waals surface area contributed by atoms with E-state index in [9.17, 15) is 9.59 Å². The van der Waals surface area contributed by atoms with Crippen molar-refractivity contribution in [1.82, 2.24) is 10.2 Å². The summed E-state index contributed by atoms with van der Waals surface area (Å²) in [5, 5.41) is 12.2. The van der Waals surface area contributed by atoms with Gasteiger partial charge in [0.25, 0.3) is 11.8 Å². The molecule has 30 heavy (non-hydrogen) atoms. The van der Waals surface area contributed by atoms with E-state index in [-0.39, 0.29) is 23.9 Å². The zero-order valence-corrected chi connectivity index (χ0v) is 17.7. The van der Waals surface area contributed by atoms with Crippen LogP contribution in [0.1, 0.15) is 31.1 Å². The highest BCUT2D eigenvalue weighted by molar-refractivity contribution is 7.13. The first-order chi connectivity index (χ1) is 14.3. The van der Waals surface area contributed by atoms with E-state index in [2.05, 4.69) is 15.5 Å². The van der Waals surface area contributed by atoms with Crippen molar-refractivity contribution in [3.63, 3.8) is 0 Å². The fraction of sp³-hybridized carbons (Fsp3) is 0.300. The zero-order chi connectivity index (χ0) is 21.7. The highest BCUT2D eigenvalue weighted by atomic mass is 32.1. The van der Waals surface area contributed by atoms with Gasteiger partial charge in [-0.1, -0.05) is 11.2 Å². The van der Waals surface area contributed by atoms with Crippen molar-refractivity contribution >= 4 is 29.2 Å². The molecule has 3 rings (SSSR count). The van der Waals surface area contributed by atoms with Gasteiger partial charge in [0.1, 0.15) is 11.5 Å². The predicted molar refractivity (Wildman–Crippen MR) is 110 cm³/mol. The van der Waals surface area contributed by atoms with E-state index >= 15 is 0 Å². The van der Waals surface area contributed by atoms with Crippen molar-refractivity contribution in [2.24, 2.45) is 0 Å². The molecule has 1 amide bonds. The van der Waals surface area contributed by atoms with Crippen LogP contribution in [0.5, 0.6) is 11.5 Å². The van der Waals surface area contributed by atoms with Gasteiger partial charge in [-0.2, -0.15) is 0 Å². The second-order valence-electron chi connectivity index (χ2n) is 6.54. The van der Waals surface area contributed by atoms with Crippen molar-refractivity contribution in [1.29, 1.82) is 0 Å². The largest absolute Gasteiger partial charge is 0.496 e. The Labute approximate surface area is 177 Å². The summed E-state index contributed by atoms with van der Waals surface area (Å²) in [7, 11) is 1.42. The van der Waals surface area contributed by atoms with Crippen LogP contribution in [0.25, 0.3) is 10.8 Å². The molecule has 0 fully saturated rings. The minimum Gasteiger partial charge on any atom is -0.496 e. The maximum atomic E-state index is 12.6. The lowest BCUT2D eigenvalue weighted by molar-refractivity contribution is -0.158. The van der Waals surface area contributed by atoms with E-state index in [1.165, 1.54) is 30.6 Å². The fourth-order valence-corrected chi connectivity index (χ4v) is 3.15. The third kappa shape index (κ3) is 4.77. The number of nitrogens with one attached hydrogen (secondary N) is 1. The first-order valence-corrected chi connectivity index (χ1v) is 9.95. The topological polar surface area (TPSA) is 113 Å². The first kappa shape index (κ1) is 21.3. The van der Waals surface area contributed by atoms with Gasteiger partial charge in [-0.3, -0.25) is 10.1 Å². The molecule has 0 bridgehead atoms. The van der Waals surface area contributed by atoms with E-state index in [0.717, 1.165) is 4.88 Å². The van der Waals surface area contributed by atoms with Crippen LogP contribution >= 0.6 is 11.3 Å². The van der Waals surface area contributed by atoms with E-state index in [0.29, 0.717) is 11.6 Å². The summed E-state index contributed by atoms with van der Waals surface area (Å²) in [6, 6.07) is 8.25. The Morgan fingerprint density at radius 3 is 2.70 bits per heavy atom. The maximum Gasteiger partial charge on any atom is 0.349 e. The predicted octanol–water partition coefficient (Wildman–Crippen LogP) is 3.78. The van der Waals surface area contributed by atoms with Crippen LogP contribution in [0.2, 0.25) is 0 Å². The van der Waals surface area contributed by atoms with E-state index in [4.69, 9.17) is 18.6 Å². The molecule has 1 aromatic carbocycles. The number of anilines is 1. The van der Waals surface area contributed by atoms with Crippen molar-refractivity contribution in [3.05, 3.63) is 41.3 Å². The lowest BCUT2D eigenvalue weighted by Crippen LogP contribution is -2.39. The van der Waals surface area contributed by atoms with Gasteiger partial charge in [0.05, 0.1) is 24.2 Å². The molecular formula is C20H21N3O6S. The van der Waals surface area contributed by atoms with Crippen LogP contribution in [0.15, 0.2) is 40.1 Å². The quantitative estimate of drug-likeness (QED) is 0.536. The Bertz CT molecular complexity index is 1030. The van der Waals surface area contributed by atoms with Gasteiger partial charge in [0.2, 0.25) is 0 Å². The second kappa shape index (κ2) is 8.95. The summed E-state index contributed by atoms with van der Waals surface area (Å²) in [6.07, 6.45) is 0. The first-order valence-electron chi connectivity index (χ1n) is 9.07. The van der Waals surface area contributed by atoms with Crippen molar-refractivity contribution in [2.75, 3.05) is 19.0 Å². The standard InChI is InChI=1S/C20H21N3O6S/c1-5-27-18(25)20(2,3)29-12-8-9-13(14(11-12)26-4)16(24)21-19-23-22-17(28-19)15-7-6-10-30-15/h6-11H,5H2,1-4H3,(H,21,23,24). The summed E-state index contributed by atoms with van der Waals surface area (Å²) < 4.78 is 21.5. The van der Waals surface area contributed by atoms with E-state index in [1.54, 1.807) is 26.8 Å². The number of esters is 1. The molecule has 2 heterocycles. The lowest BCUT2D eigenvalue weighted by Gasteiger charge is -2.24. The average Bonchev–Trinajstić information content (AvgIpc) is 3.39. The third-order valence-corrected chi connectivity index (χ3v) is 4.79. The SMILES string of the molecule is CCOC(=O)C(C)(C)Oc1ccc(C(=O)Nc2nnc(-c3cccs3)o2)c(OC)c1. The Hall–Kier alpha value is -3.40. The number of thiophene rings is 1. The highest BCUT2D eigenvalue weighted by Crippen LogP contribution is 2.29. The summed E-state index contributed by atoms with van der Waals surface area (Å²) >= 11 is 1.45. The number of benzene rings is 1. The smallest absolute Gasteiger partial charge is 0.349 e. The molecule has 0 aliphatic heterocycles. The summed E-state index contributed by atoms with van der Waals surface area (Å²) in [4.78, 5) is 25.5. The van der Waals surface area contributed by atoms with Crippen molar-refractivity contribution in [2.45, 2.75) is 26.4 Å². The van der Waals surface area contributed by atoms with Crippen LogP contribution in [0.4, 0.5) is 6.01 Å². The van der Waals surface area contributed by atoms with Gasteiger partial charge in [-0.25, -0.2) is 4.79 Å². The number of rotatable bonds is 8. The molecule has 0 saturated heterocycles. The van der Waals surface area contributed by atoms with Crippen LogP contribution < -0.4 is 14.8 Å². The fourth-order valence-electron chi connectivity index (χ4n) is 2.50. The number of aromatic nitrogens is 2. The average molecular weight is 431 g/mol. The molecule has 0 saturated carbocycles. The summed E-state index contributed by atoms with van der Waals surface area (Å²) in [6.45, 7) is 5.16. The van der Waals surface area contributed by atoms with Crippen LogP contribution in [-0.2, 0) is 9.53 Å². The van der Waals surface area contributed by atoms with Gasteiger partial charge in [-0.05, 0) is 44.4 Å². The maximum absolute atomic E-state index is 12.6. The Balaban J connectivity index is 1.74. The molecule has 0 aliphatic rings. The number of hydrogen-bond donors (Lipinski definition) is 1. The van der Waals surface area contributed by atoms with Crippen molar-refractivity contribution in [3.8, 4) is 22.3 Å². The molecule has 2 aromatic heterocycles. The molecule has 0 radical (unpaired) electrons. The molecule has 1 N–H and O–H groups in total. The van der Waals surface area contributed by atoms with Crippen LogP contribution in [-0.4, -0.2) is 41.4 Å². The van der Waals surface area contributed by atoms with E-state index < -0.39 is 17.5 Å². The number of carbonyl (C=O) groups excluding carboxylic acids is 2. The normalized spacial score (nSPS) is 11.1. The highest BCUT2D eigenvalue weighted by Gasteiger charge is 2.32. The van der Waals surface area contributed by atoms with Gasteiger partial charge in [0.15, 0.2) is 5.60 Å². The van der Waals surface area contributed by atoms with Gasteiger partial charge in [0, 0.05) is 6.07 Å². The minimum absolute atomic E-state index is 0.0331. The van der Waals surface area contributed by atoms with Crippen molar-refractivity contribution < 1.29 is 28.2 Å². The Kier molecular flexibility index (Phi) is 6.36. The molecule has 0 unspecified atom stereocenters. The van der Waals surface area contributed by atoms with Gasteiger partial charge >= 0.3 is 12.0 Å². The van der Waals surface area contributed by atoms with Crippen LogP contribution in [0.3, 0.4) is 0 Å². The van der Waals surface area contributed by atoms with Crippen LogP contribution in [0, 0.1) is 0 Å². The molecule has 3 aromatic rings. The summed E-state index contributed by atoms with van der Waals surface area (Å²) in [5.41, 5.74) is -0.970. The number of nitrogens with zero attached hydrogens (tertiary/aromatic N) is 2. The molecule has 9 nitrogen and oxygen atoms in total. The monoisotopic (exact) mass is 431 g/mol. The molecule has 0 atom stereocenters. The van der Waals surface area contributed by atoms with E-state index in [1.807, 2.05) is 17.5 Å². The number of ether oxygens (including phenoxy) is 3. The Morgan fingerprint density at radius 1 is 1.23 bits per heavy atom. The lowest BCUT2D eigenvalue weighted by atomic mass is 10.1. The number of amides is 1. The minimum atomic E-state index is -1.20. The molecule has 0 spiro atoms. The number of methoxy groups -OCH3 is 1. The molecule has 10 heteroatoms. The summed E-state index contributed by atoms with van der Waals surface area (Å²) in [5.74, 6) is -0.0766. The third-order valence-electron chi connectivity index (χ3n) is 3.94. The molecular weight excluding hydrogens is 410 g/mol. The number of hydrogen-bond acceptors (Lipinski definition) is 9. The second-order valence-corrected chi connectivity index (χ2v) is 7.49. The Morgan fingerprint density at radius 2 is 2.03 bits per heavy atom. The number of carbonyl (C=O) groups is 2. The molecule has 158 valence electrons.